The van der Waals surface area contributed by atoms with Gasteiger partial charge in [0, 0.05) is 10.0 Å². The smallest absolute Gasteiger partial charge is 0.416 e. The summed E-state index contributed by atoms with van der Waals surface area (Å²) in [6, 6.07) is 16.5. The van der Waals surface area contributed by atoms with E-state index >= 15 is 0 Å². The zero-order chi connectivity index (χ0) is 23.6. The first kappa shape index (κ1) is 22.8. The molecule has 170 valence electrons. The molecule has 1 atom stereocenters. The molecule has 1 unspecified atom stereocenters. The number of carbonyl (C=O) groups is 1. The van der Waals surface area contributed by atoms with Gasteiger partial charge in [0.25, 0.3) is 0 Å². The fourth-order valence-corrected chi connectivity index (χ4v) is 3.65. The molecule has 0 radical (unpaired) electrons. The standard InChI is InChI=1S/C24H17BrF3NO4/c1-2-31-23(30)21(14-6-5-7-16(25)12-14)32-19-11-10-15(24(26,27)28)13-17(19)22-29-18-8-3-4-9-20(18)33-22/h3-13,21H,2H2,1H3. The molecule has 1 heterocycles. The SMILES string of the molecule is CCOC(=O)C(Oc1ccc(C(F)(F)F)cc1-c1nc2ccccc2o1)c1cccc(Br)c1. The van der Waals surface area contributed by atoms with Gasteiger partial charge in [-0.3, -0.25) is 0 Å². The van der Waals surface area contributed by atoms with Crippen LogP contribution in [0.1, 0.15) is 24.2 Å². The van der Waals surface area contributed by atoms with Crippen LogP contribution in [0.4, 0.5) is 13.2 Å². The number of ether oxygens (including phenoxy) is 2. The predicted octanol–water partition coefficient (Wildman–Crippen LogP) is 6.96. The predicted molar refractivity (Wildman–Crippen MR) is 119 cm³/mol. The van der Waals surface area contributed by atoms with E-state index in [1.165, 1.54) is 0 Å². The van der Waals surface area contributed by atoms with Crippen molar-refractivity contribution < 1.29 is 31.9 Å². The molecule has 0 spiro atoms. The Kier molecular flexibility index (Phi) is 6.42. The van der Waals surface area contributed by atoms with Crippen molar-refractivity contribution in [2.24, 2.45) is 0 Å². The van der Waals surface area contributed by atoms with Gasteiger partial charge in [0.1, 0.15) is 11.3 Å². The molecule has 0 bridgehead atoms. The molecule has 3 aromatic carbocycles. The summed E-state index contributed by atoms with van der Waals surface area (Å²) < 4.78 is 57.8. The van der Waals surface area contributed by atoms with E-state index in [2.05, 4.69) is 20.9 Å². The van der Waals surface area contributed by atoms with Crippen molar-refractivity contribution in [3.05, 3.63) is 82.3 Å². The fraction of sp³-hybridized carbons (Fsp3) is 0.167. The van der Waals surface area contributed by atoms with E-state index in [0.29, 0.717) is 21.1 Å². The Morgan fingerprint density at radius 1 is 1.09 bits per heavy atom. The zero-order valence-corrected chi connectivity index (χ0v) is 18.8. The second kappa shape index (κ2) is 9.27. The lowest BCUT2D eigenvalue weighted by Crippen LogP contribution is -2.22. The fourth-order valence-electron chi connectivity index (χ4n) is 3.23. The monoisotopic (exact) mass is 519 g/mol. The quantitative estimate of drug-likeness (QED) is 0.257. The molecule has 4 rings (SSSR count). The molecule has 5 nitrogen and oxygen atoms in total. The Morgan fingerprint density at radius 2 is 1.88 bits per heavy atom. The minimum atomic E-state index is -4.59. The van der Waals surface area contributed by atoms with Crippen molar-refractivity contribution in [2.75, 3.05) is 6.61 Å². The van der Waals surface area contributed by atoms with E-state index in [0.717, 1.165) is 18.2 Å². The third-order valence-electron chi connectivity index (χ3n) is 4.73. The highest BCUT2D eigenvalue weighted by molar-refractivity contribution is 9.10. The van der Waals surface area contributed by atoms with Crippen LogP contribution in [0.25, 0.3) is 22.6 Å². The molecule has 9 heteroatoms. The van der Waals surface area contributed by atoms with Gasteiger partial charge in [0.15, 0.2) is 5.58 Å². The molecule has 0 saturated heterocycles. The van der Waals surface area contributed by atoms with Crippen molar-refractivity contribution in [3.63, 3.8) is 0 Å². The van der Waals surface area contributed by atoms with Crippen molar-refractivity contribution >= 4 is 33.0 Å². The summed E-state index contributed by atoms with van der Waals surface area (Å²) in [4.78, 5) is 17.0. The van der Waals surface area contributed by atoms with Gasteiger partial charge in [-0.2, -0.15) is 13.2 Å². The van der Waals surface area contributed by atoms with Crippen LogP contribution in [-0.4, -0.2) is 17.6 Å². The first-order chi connectivity index (χ1) is 15.8. The van der Waals surface area contributed by atoms with Crippen LogP contribution in [0.2, 0.25) is 0 Å². The molecule has 1 aromatic heterocycles. The molecule has 0 fully saturated rings. The van der Waals surface area contributed by atoms with Crippen LogP contribution in [0, 0.1) is 0 Å². The maximum absolute atomic E-state index is 13.4. The number of esters is 1. The van der Waals surface area contributed by atoms with Crippen LogP contribution >= 0.6 is 15.9 Å². The average Bonchev–Trinajstić information content (AvgIpc) is 3.21. The molecular formula is C24H17BrF3NO4. The Morgan fingerprint density at radius 3 is 2.58 bits per heavy atom. The maximum Gasteiger partial charge on any atom is 0.416 e. The third kappa shape index (κ3) is 5.03. The number of halogens is 4. The molecule has 0 amide bonds. The average molecular weight is 520 g/mol. The molecule has 0 aliphatic carbocycles. The van der Waals surface area contributed by atoms with Gasteiger partial charge in [-0.15, -0.1) is 0 Å². The van der Waals surface area contributed by atoms with Crippen molar-refractivity contribution in [1.82, 2.24) is 4.98 Å². The summed E-state index contributed by atoms with van der Waals surface area (Å²) in [5.74, 6) is -0.749. The molecule has 0 aliphatic rings. The number of oxazole rings is 1. The highest BCUT2D eigenvalue weighted by Gasteiger charge is 2.33. The lowest BCUT2D eigenvalue weighted by molar-refractivity contribution is -0.151. The third-order valence-corrected chi connectivity index (χ3v) is 5.22. The Labute approximate surface area is 195 Å². The minimum absolute atomic E-state index is 0.00687. The van der Waals surface area contributed by atoms with Gasteiger partial charge in [0.2, 0.25) is 12.0 Å². The normalized spacial score (nSPS) is 12.5. The van der Waals surface area contributed by atoms with E-state index in [4.69, 9.17) is 13.9 Å². The highest BCUT2D eigenvalue weighted by Crippen LogP contribution is 2.39. The number of hydrogen-bond donors (Lipinski definition) is 0. The van der Waals surface area contributed by atoms with E-state index in [9.17, 15) is 18.0 Å². The van der Waals surface area contributed by atoms with E-state index in [1.54, 1.807) is 55.5 Å². The summed E-state index contributed by atoms with van der Waals surface area (Å²) in [5.41, 5.74) is 0.411. The number of fused-ring (bicyclic) bond motifs is 1. The summed E-state index contributed by atoms with van der Waals surface area (Å²) in [7, 11) is 0. The van der Waals surface area contributed by atoms with E-state index < -0.39 is 23.8 Å². The largest absolute Gasteiger partial charge is 0.473 e. The lowest BCUT2D eigenvalue weighted by atomic mass is 10.1. The van der Waals surface area contributed by atoms with Gasteiger partial charge in [-0.25, -0.2) is 9.78 Å². The van der Waals surface area contributed by atoms with Crippen LogP contribution < -0.4 is 4.74 Å². The summed E-state index contributed by atoms with van der Waals surface area (Å²) >= 11 is 3.35. The number of alkyl halides is 3. The number of nitrogens with zero attached hydrogens (tertiary/aromatic N) is 1. The minimum Gasteiger partial charge on any atom is -0.473 e. The first-order valence-corrected chi connectivity index (χ1v) is 10.7. The van der Waals surface area contributed by atoms with Crippen molar-refractivity contribution in [3.8, 4) is 17.2 Å². The molecule has 0 saturated carbocycles. The topological polar surface area (TPSA) is 61.6 Å². The van der Waals surface area contributed by atoms with Crippen LogP contribution in [0.15, 0.2) is 75.6 Å². The number of rotatable bonds is 6. The van der Waals surface area contributed by atoms with Crippen molar-refractivity contribution in [2.45, 2.75) is 19.2 Å². The summed E-state index contributed by atoms with van der Waals surface area (Å²) in [5, 5.41) is 0. The molecular weight excluding hydrogens is 503 g/mol. The van der Waals surface area contributed by atoms with Gasteiger partial charge in [0.05, 0.1) is 17.7 Å². The van der Waals surface area contributed by atoms with Crippen LogP contribution in [0.5, 0.6) is 5.75 Å². The summed E-state index contributed by atoms with van der Waals surface area (Å²) in [6.45, 7) is 1.76. The Hall–Kier alpha value is -3.33. The molecule has 4 aromatic rings. The van der Waals surface area contributed by atoms with Gasteiger partial charge < -0.3 is 13.9 Å². The Balaban J connectivity index is 1.83. The molecule has 33 heavy (non-hydrogen) atoms. The Bertz CT molecular complexity index is 1270. The highest BCUT2D eigenvalue weighted by atomic mass is 79.9. The van der Waals surface area contributed by atoms with E-state index in [-0.39, 0.29) is 23.8 Å². The maximum atomic E-state index is 13.4. The summed E-state index contributed by atoms with van der Waals surface area (Å²) in [6.07, 6.45) is -5.81. The number of carbonyl (C=O) groups excluding carboxylic acids is 1. The molecule has 0 N–H and O–H groups in total. The lowest BCUT2D eigenvalue weighted by Gasteiger charge is -2.20. The first-order valence-electron chi connectivity index (χ1n) is 9.92. The van der Waals surface area contributed by atoms with Crippen LogP contribution in [0.3, 0.4) is 0 Å². The molecule has 0 aliphatic heterocycles. The van der Waals surface area contributed by atoms with E-state index in [1.807, 2.05) is 0 Å². The number of benzene rings is 3. The van der Waals surface area contributed by atoms with Gasteiger partial charge in [-0.1, -0.05) is 40.2 Å². The number of aromatic nitrogens is 1. The second-order valence-corrected chi connectivity index (χ2v) is 7.92. The van der Waals surface area contributed by atoms with Gasteiger partial charge >= 0.3 is 12.1 Å². The number of hydrogen-bond acceptors (Lipinski definition) is 5. The number of para-hydroxylation sites is 2. The zero-order valence-electron chi connectivity index (χ0n) is 17.2. The van der Waals surface area contributed by atoms with Crippen molar-refractivity contribution in [1.29, 1.82) is 0 Å². The van der Waals surface area contributed by atoms with Crippen LogP contribution in [-0.2, 0) is 15.7 Å². The van der Waals surface area contributed by atoms with Gasteiger partial charge in [-0.05, 0) is 49.4 Å². The second-order valence-electron chi connectivity index (χ2n) is 7.00.